The van der Waals surface area contributed by atoms with E-state index in [0.29, 0.717) is 12.2 Å². The zero-order valence-electron chi connectivity index (χ0n) is 9.44. The van der Waals surface area contributed by atoms with E-state index in [-0.39, 0.29) is 5.91 Å². The number of carbonyl (C=O) groups excluding carboxylic acids is 1. The van der Waals surface area contributed by atoms with Crippen LogP contribution in [-0.2, 0) is 0 Å². The fraction of sp³-hybridized carbons (Fsp3) is 0.417. The highest BCUT2D eigenvalue weighted by molar-refractivity contribution is 5.92. The first-order valence-electron chi connectivity index (χ1n) is 5.41. The van der Waals surface area contributed by atoms with Crippen molar-refractivity contribution in [1.82, 2.24) is 14.9 Å². The second kappa shape index (κ2) is 4.43. The summed E-state index contributed by atoms with van der Waals surface area (Å²) in [4.78, 5) is 22.0. The lowest BCUT2D eigenvalue weighted by atomic mass is 10.1. The van der Waals surface area contributed by atoms with Gasteiger partial charge in [-0.15, -0.1) is 0 Å². The van der Waals surface area contributed by atoms with E-state index < -0.39 is 0 Å². The number of aromatic nitrogens is 2. The van der Waals surface area contributed by atoms with E-state index in [4.69, 9.17) is 0 Å². The van der Waals surface area contributed by atoms with Crippen LogP contribution in [0.4, 0.5) is 0 Å². The summed E-state index contributed by atoms with van der Waals surface area (Å²) in [5, 5.41) is 0. The van der Waals surface area contributed by atoms with Crippen molar-refractivity contribution < 1.29 is 4.79 Å². The SMILES string of the molecule is C=C1CCCN(C(=O)c2cnc(C)cn2)C1. The number of aryl methyl sites for hydroxylation is 1. The van der Waals surface area contributed by atoms with Crippen LogP contribution in [0.1, 0.15) is 29.0 Å². The quantitative estimate of drug-likeness (QED) is 0.671. The number of amides is 1. The molecule has 0 saturated carbocycles. The first-order valence-corrected chi connectivity index (χ1v) is 5.41. The predicted octanol–water partition coefficient (Wildman–Crippen LogP) is 1.58. The van der Waals surface area contributed by atoms with Crippen LogP contribution in [0.25, 0.3) is 0 Å². The Balaban J connectivity index is 2.12. The number of piperidine rings is 1. The van der Waals surface area contributed by atoms with Gasteiger partial charge in [-0.05, 0) is 19.8 Å². The average Bonchev–Trinajstić information content (AvgIpc) is 2.29. The van der Waals surface area contributed by atoms with Gasteiger partial charge in [-0.25, -0.2) is 4.98 Å². The summed E-state index contributed by atoms with van der Waals surface area (Å²) < 4.78 is 0. The first-order chi connectivity index (χ1) is 7.66. The summed E-state index contributed by atoms with van der Waals surface area (Å²) in [6.45, 7) is 7.21. The van der Waals surface area contributed by atoms with E-state index >= 15 is 0 Å². The summed E-state index contributed by atoms with van der Waals surface area (Å²) in [5.74, 6) is -0.0478. The smallest absolute Gasteiger partial charge is 0.274 e. The number of carbonyl (C=O) groups is 1. The molecule has 0 atom stereocenters. The van der Waals surface area contributed by atoms with Gasteiger partial charge in [0.25, 0.3) is 5.91 Å². The molecule has 2 heterocycles. The maximum absolute atomic E-state index is 12.0. The minimum Gasteiger partial charge on any atom is -0.333 e. The van der Waals surface area contributed by atoms with Crippen LogP contribution in [0.15, 0.2) is 24.5 Å². The molecule has 0 unspecified atom stereocenters. The molecule has 1 saturated heterocycles. The van der Waals surface area contributed by atoms with Crippen molar-refractivity contribution in [3.8, 4) is 0 Å². The topological polar surface area (TPSA) is 46.1 Å². The van der Waals surface area contributed by atoms with Gasteiger partial charge in [0, 0.05) is 19.3 Å². The van der Waals surface area contributed by atoms with Crippen molar-refractivity contribution in [2.24, 2.45) is 0 Å². The zero-order valence-corrected chi connectivity index (χ0v) is 9.44. The van der Waals surface area contributed by atoms with Crippen LogP contribution in [0.5, 0.6) is 0 Å². The van der Waals surface area contributed by atoms with Crippen LogP contribution in [0.2, 0.25) is 0 Å². The molecule has 1 amide bonds. The molecular weight excluding hydrogens is 202 g/mol. The molecule has 0 bridgehead atoms. The van der Waals surface area contributed by atoms with E-state index in [1.807, 2.05) is 6.92 Å². The third-order valence-electron chi connectivity index (χ3n) is 2.66. The van der Waals surface area contributed by atoms with Gasteiger partial charge in [0.1, 0.15) is 5.69 Å². The third kappa shape index (κ3) is 2.27. The van der Waals surface area contributed by atoms with E-state index in [0.717, 1.165) is 30.7 Å². The molecule has 0 aliphatic carbocycles. The summed E-state index contributed by atoms with van der Waals surface area (Å²) >= 11 is 0. The molecular formula is C12H15N3O. The third-order valence-corrected chi connectivity index (χ3v) is 2.66. The van der Waals surface area contributed by atoms with Crippen molar-refractivity contribution in [3.05, 3.63) is 35.9 Å². The molecule has 1 aromatic rings. The van der Waals surface area contributed by atoms with Crippen molar-refractivity contribution in [2.75, 3.05) is 13.1 Å². The van der Waals surface area contributed by atoms with Crippen LogP contribution in [-0.4, -0.2) is 33.9 Å². The normalized spacial score (nSPS) is 16.3. The largest absolute Gasteiger partial charge is 0.333 e. The van der Waals surface area contributed by atoms with Crippen molar-refractivity contribution in [2.45, 2.75) is 19.8 Å². The second-order valence-corrected chi connectivity index (χ2v) is 4.12. The molecule has 0 N–H and O–H groups in total. The molecule has 0 aromatic carbocycles. The second-order valence-electron chi connectivity index (χ2n) is 4.12. The van der Waals surface area contributed by atoms with E-state index in [1.165, 1.54) is 6.20 Å². The first kappa shape index (κ1) is 10.8. The van der Waals surface area contributed by atoms with Crippen molar-refractivity contribution in [1.29, 1.82) is 0 Å². The Kier molecular flexibility index (Phi) is 2.99. The van der Waals surface area contributed by atoms with E-state index in [1.54, 1.807) is 11.1 Å². The highest BCUT2D eigenvalue weighted by atomic mass is 16.2. The number of rotatable bonds is 1. The van der Waals surface area contributed by atoms with Crippen LogP contribution in [0.3, 0.4) is 0 Å². The lowest BCUT2D eigenvalue weighted by Gasteiger charge is -2.27. The van der Waals surface area contributed by atoms with Gasteiger partial charge in [-0.3, -0.25) is 9.78 Å². The fourth-order valence-electron chi connectivity index (χ4n) is 1.79. The molecule has 0 radical (unpaired) electrons. The Bertz CT molecular complexity index is 411. The summed E-state index contributed by atoms with van der Waals surface area (Å²) in [5.41, 5.74) is 2.35. The molecule has 4 heteroatoms. The molecule has 84 valence electrons. The fourth-order valence-corrected chi connectivity index (χ4v) is 1.79. The lowest BCUT2D eigenvalue weighted by molar-refractivity contribution is 0.0746. The summed E-state index contributed by atoms with van der Waals surface area (Å²) in [6, 6.07) is 0. The Morgan fingerprint density at radius 2 is 2.25 bits per heavy atom. The summed E-state index contributed by atoms with van der Waals surface area (Å²) in [7, 11) is 0. The Morgan fingerprint density at radius 3 is 2.88 bits per heavy atom. The van der Waals surface area contributed by atoms with Crippen LogP contribution < -0.4 is 0 Å². The van der Waals surface area contributed by atoms with Crippen molar-refractivity contribution >= 4 is 5.91 Å². The highest BCUT2D eigenvalue weighted by Gasteiger charge is 2.20. The van der Waals surface area contributed by atoms with Crippen molar-refractivity contribution in [3.63, 3.8) is 0 Å². The van der Waals surface area contributed by atoms with Gasteiger partial charge < -0.3 is 4.90 Å². The average molecular weight is 217 g/mol. The zero-order chi connectivity index (χ0) is 11.5. The van der Waals surface area contributed by atoms with Gasteiger partial charge in [0.15, 0.2) is 0 Å². The minimum atomic E-state index is -0.0478. The molecule has 1 aliphatic heterocycles. The van der Waals surface area contributed by atoms with Gasteiger partial charge >= 0.3 is 0 Å². The minimum absolute atomic E-state index is 0.0478. The lowest BCUT2D eigenvalue weighted by Crippen LogP contribution is -2.37. The number of likely N-dealkylation sites (tertiary alicyclic amines) is 1. The van der Waals surface area contributed by atoms with Gasteiger partial charge in [0.2, 0.25) is 0 Å². The molecule has 16 heavy (non-hydrogen) atoms. The number of hydrogen-bond donors (Lipinski definition) is 0. The molecule has 0 spiro atoms. The van der Waals surface area contributed by atoms with Gasteiger partial charge in [-0.1, -0.05) is 12.2 Å². The molecule has 4 nitrogen and oxygen atoms in total. The van der Waals surface area contributed by atoms with E-state index in [9.17, 15) is 4.79 Å². The molecule has 1 aliphatic rings. The molecule has 1 aromatic heterocycles. The van der Waals surface area contributed by atoms with Crippen LogP contribution in [0, 0.1) is 6.92 Å². The predicted molar refractivity (Wildman–Crippen MR) is 61.0 cm³/mol. The molecule has 1 fully saturated rings. The maximum atomic E-state index is 12.0. The van der Waals surface area contributed by atoms with Gasteiger partial charge in [-0.2, -0.15) is 0 Å². The summed E-state index contributed by atoms with van der Waals surface area (Å²) in [6.07, 6.45) is 5.16. The Morgan fingerprint density at radius 1 is 1.44 bits per heavy atom. The maximum Gasteiger partial charge on any atom is 0.274 e. The monoisotopic (exact) mass is 217 g/mol. The molecule has 2 rings (SSSR count). The Labute approximate surface area is 95.0 Å². The Hall–Kier alpha value is -1.71. The van der Waals surface area contributed by atoms with E-state index in [2.05, 4.69) is 16.5 Å². The van der Waals surface area contributed by atoms with Crippen LogP contribution >= 0.6 is 0 Å². The van der Waals surface area contributed by atoms with Gasteiger partial charge in [0.05, 0.1) is 11.9 Å². The number of hydrogen-bond acceptors (Lipinski definition) is 3. The standard InChI is InChI=1S/C12H15N3O/c1-9-4-3-5-15(8-9)12(16)11-7-13-10(2)6-14-11/h6-7H,1,3-5,8H2,2H3. The highest BCUT2D eigenvalue weighted by Crippen LogP contribution is 2.15. The number of nitrogens with zero attached hydrogens (tertiary/aromatic N) is 3.